The van der Waals surface area contributed by atoms with Crippen LogP contribution >= 0.6 is 0 Å². The van der Waals surface area contributed by atoms with Crippen LogP contribution in [0.1, 0.15) is 24.0 Å². The molecule has 2 aromatic rings. The standard InChI is InChI=1S/C20H22F3N3O2/c1-28-17-5-3-2-4-14(17)12-19(27)26-10-7-16(8-11-26)25-18-13-15(6-9-24-18)20(21,22)23/h2-6,9,13,16H,7-8,10-12H2,1H3,(H,24,25). The summed E-state index contributed by atoms with van der Waals surface area (Å²) in [6.07, 6.45) is -1.69. The SMILES string of the molecule is COc1ccccc1CC(=O)N1CCC(Nc2cc(C(F)(F)F)ccn2)CC1. The van der Waals surface area contributed by atoms with Crippen molar-refractivity contribution in [3.05, 3.63) is 53.7 Å². The number of halogens is 3. The van der Waals surface area contributed by atoms with Crippen molar-refractivity contribution in [3.63, 3.8) is 0 Å². The van der Waals surface area contributed by atoms with Crippen molar-refractivity contribution in [2.75, 3.05) is 25.5 Å². The minimum absolute atomic E-state index is 0.0140. The van der Waals surface area contributed by atoms with Gasteiger partial charge in [0.2, 0.25) is 5.91 Å². The highest BCUT2D eigenvalue weighted by molar-refractivity contribution is 5.79. The van der Waals surface area contributed by atoms with Gasteiger partial charge < -0.3 is 15.0 Å². The molecule has 0 aliphatic carbocycles. The van der Waals surface area contributed by atoms with Gasteiger partial charge in [-0.1, -0.05) is 18.2 Å². The van der Waals surface area contributed by atoms with Gasteiger partial charge in [-0.15, -0.1) is 0 Å². The molecule has 1 aromatic heterocycles. The van der Waals surface area contributed by atoms with Crippen molar-refractivity contribution in [3.8, 4) is 5.75 Å². The van der Waals surface area contributed by atoms with E-state index in [2.05, 4.69) is 10.3 Å². The number of alkyl halides is 3. The van der Waals surface area contributed by atoms with Gasteiger partial charge in [0.1, 0.15) is 11.6 Å². The van der Waals surface area contributed by atoms with Crippen molar-refractivity contribution in [1.82, 2.24) is 9.88 Å². The first kappa shape index (κ1) is 20.0. The summed E-state index contributed by atoms with van der Waals surface area (Å²) in [5, 5.41) is 3.05. The Morgan fingerprint density at radius 2 is 1.96 bits per heavy atom. The topological polar surface area (TPSA) is 54.5 Å². The number of piperidine rings is 1. The van der Waals surface area contributed by atoms with Crippen LogP contribution in [0.2, 0.25) is 0 Å². The highest BCUT2D eigenvalue weighted by Crippen LogP contribution is 2.30. The van der Waals surface area contributed by atoms with E-state index in [-0.39, 0.29) is 24.2 Å². The van der Waals surface area contributed by atoms with Crippen LogP contribution in [-0.2, 0) is 17.4 Å². The Kier molecular flexibility index (Phi) is 6.06. The maximum absolute atomic E-state index is 12.8. The lowest BCUT2D eigenvalue weighted by Crippen LogP contribution is -2.43. The van der Waals surface area contributed by atoms with Crippen molar-refractivity contribution >= 4 is 11.7 Å². The summed E-state index contributed by atoms with van der Waals surface area (Å²) in [4.78, 5) is 18.3. The number of hydrogen-bond acceptors (Lipinski definition) is 4. The Bertz CT molecular complexity index is 818. The number of likely N-dealkylation sites (tertiary alicyclic amines) is 1. The van der Waals surface area contributed by atoms with E-state index in [1.54, 1.807) is 12.0 Å². The molecule has 0 bridgehead atoms. The number of anilines is 1. The van der Waals surface area contributed by atoms with Gasteiger partial charge in [0.25, 0.3) is 0 Å². The van der Waals surface area contributed by atoms with Gasteiger partial charge in [-0.3, -0.25) is 4.79 Å². The van der Waals surface area contributed by atoms with Gasteiger partial charge in [-0.25, -0.2) is 4.98 Å². The molecule has 5 nitrogen and oxygen atoms in total. The zero-order chi connectivity index (χ0) is 20.1. The smallest absolute Gasteiger partial charge is 0.416 e. The summed E-state index contributed by atoms with van der Waals surface area (Å²) in [5.41, 5.74) is 0.109. The summed E-state index contributed by atoms with van der Waals surface area (Å²) in [6.45, 7) is 1.09. The molecule has 28 heavy (non-hydrogen) atoms. The predicted molar refractivity (Wildman–Crippen MR) is 99.2 cm³/mol. The molecule has 0 radical (unpaired) electrons. The summed E-state index contributed by atoms with van der Waals surface area (Å²) in [6, 6.07) is 9.34. The Hall–Kier alpha value is -2.77. The molecular weight excluding hydrogens is 371 g/mol. The molecule has 1 aliphatic heterocycles. The third-order valence-corrected chi connectivity index (χ3v) is 4.82. The molecule has 0 saturated carbocycles. The summed E-state index contributed by atoms with van der Waals surface area (Å²) in [5.74, 6) is 0.900. The molecule has 0 atom stereocenters. The van der Waals surface area contributed by atoms with Gasteiger partial charge in [0.15, 0.2) is 0 Å². The predicted octanol–water partition coefficient (Wildman–Crippen LogP) is 3.75. The van der Waals surface area contributed by atoms with Crippen LogP contribution in [-0.4, -0.2) is 42.0 Å². The fourth-order valence-electron chi connectivity index (χ4n) is 3.29. The average Bonchev–Trinajstić information content (AvgIpc) is 2.68. The van der Waals surface area contributed by atoms with Crippen molar-refractivity contribution in [1.29, 1.82) is 0 Å². The number of amides is 1. The van der Waals surface area contributed by atoms with E-state index in [4.69, 9.17) is 4.74 Å². The van der Waals surface area contributed by atoms with Gasteiger partial charge in [0, 0.05) is 30.9 Å². The molecule has 1 aliphatic rings. The van der Waals surface area contributed by atoms with E-state index in [1.807, 2.05) is 24.3 Å². The van der Waals surface area contributed by atoms with Crippen LogP contribution in [0.25, 0.3) is 0 Å². The number of ether oxygens (including phenoxy) is 1. The van der Waals surface area contributed by atoms with Gasteiger partial charge >= 0.3 is 6.18 Å². The van der Waals surface area contributed by atoms with Crippen LogP contribution in [0.3, 0.4) is 0 Å². The summed E-state index contributed by atoms with van der Waals surface area (Å²) in [7, 11) is 1.57. The molecule has 8 heteroatoms. The van der Waals surface area contributed by atoms with Crippen molar-refractivity contribution in [2.45, 2.75) is 31.5 Å². The third kappa shape index (κ3) is 4.94. The highest BCUT2D eigenvalue weighted by Gasteiger charge is 2.31. The Morgan fingerprint density at radius 1 is 1.25 bits per heavy atom. The van der Waals surface area contributed by atoms with Crippen LogP contribution in [0.15, 0.2) is 42.6 Å². The first-order valence-corrected chi connectivity index (χ1v) is 9.06. The maximum Gasteiger partial charge on any atom is 0.416 e. The second kappa shape index (κ2) is 8.50. The first-order chi connectivity index (χ1) is 13.4. The molecule has 150 valence electrons. The average molecular weight is 393 g/mol. The molecule has 3 rings (SSSR count). The molecule has 0 spiro atoms. The van der Waals surface area contributed by atoms with E-state index < -0.39 is 11.7 Å². The number of carbonyl (C=O) groups excluding carboxylic acids is 1. The zero-order valence-corrected chi connectivity index (χ0v) is 15.5. The monoisotopic (exact) mass is 393 g/mol. The molecular formula is C20H22F3N3O2. The lowest BCUT2D eigenvalue weighted by Gasteiger charge is -2.33. The van der Waals surface area contributed by atoms with Crippen molar-refractivity contribution in [2.24, 2.45) is 0 Å². The zero-order valence-electron chi connectivity index (χ0n) is 15.5. The first-order valence-electron chi connectivity index (χ1n) is 9.06. The second-order valence-electron chi connectivity index (χ2n) is 6.72. The number of carbonyl (C=O) groups is 1. The lowest BCUT2D eigenvalue weighted by molar-refractivity contribution is -0.137. The molecule has 2 heterocycles. The van der Waals surface area contributed by atoms with E-state index in [1.165, 1.54) is 0 Å². The minimum atomic E-state index is -4.40. The molecule has 0 unspecified atom stereocenters. The molecule has 1 fully saturated rings. The number of aromatic nitrogens is 1. The quantitative estimate of drug-likeness (QED) is 0.841. The lowest BCUT2D eigenvalue weighted by atomic mass is 10.0. The number of methoxy groups -OCH3 is 1. The largest absolute Gasteiger partial charge is 0.496 e. The minimum Gasteiger partial charge on any atom is -0.496 e. The van der Waals surface area contributed by atoms with Crippen LogP contribution in [0.4, 0.5) is 19.0 Å². The number of rotatable bonds is 5. The Labute approximate surface area is 161 Å². The van der Waals surface area contributed by atoms with Gasteiger partial charge in [-0.05, 0) is 31.0 Å². The number of pyridine rings is 1. The number of nitrogens with one attached hydrogen (secondary N) is 1. The van der Waals surface area contributed by atoms with Crippen LogP contribution in [0.5, 0.6) is 5.75 Å². The number of para-hydroxylation sites is 1. The summed E-state index contributed by atoms with van der Waals surface area (Å²) >= 11 is 0. The van der Waals surface area contributed by atoms with Gasteiger partial charge in [0.05, 0.1) is 19.1 Å². The molecule has 1 saturated heterocycles. The van der Waals surface area contributed by atoms with E-state index in [0.717, 1.165) is 23.9 Å². The molecule has 1 aromatic carbocycles. The summed E-state index contributed by atoms with van der Waals surface area (Å²) < 4.78 is 43.7. The second-order valence-corrected chi connectivity index (χ2v) is 6.72. The maximum atomic E-state index is 12.8. The normalized spacial score (nSPS) is 15.4. The van der Waals surface area contributed by atoms with Gasteiger partial charge in [-0.2, -0.15) is 13.2 Å². The highest BCUT2D eigenvalue weighted by atomic mass is 19.4. The fourth-order valence-corrected chi connectivity index (χ4v) is 3.29. The third-order valence-electron chi connectivity index (χ3n) is 4.82. The van der Waals surface area contributed by atoms with Crippen molar-refractivity contribution < 1.29 is 22.7 Å². The Morgan fingerprint density at radius 3 is 2.64 bits per heavy atom. The number of hydrogen-bond donors (Lipinski definition) is 1. The van der Waals surface area contributed by atoms with E-state index in [9.17, 15) is 18.0 Å². The van der Waals surface area contributed by atoms with Crippen LogP contribution < -0.4 is 10.1 Å². The molecule has 1 amide bonds. The number of nitrogens with zero attached hydrogens (tertiary/aromatic N) is 2. The Balaban J connectivity index is 1.54. The fraction of sp³-hybridized carbons (Fsp3) is 0.400. The number of benzene rings is 1. The van der Waals surface area contributed by atoms with Crippen LogP contribution in [0, 0.1) is 0 Å². The van der Waals surface area contributed by atoms with E-state index in [0.29, 0.717) is 31.7 Å². The molecule has 1 N–H and O–H groups in total. The van der Waals surface area contributed by atoms with E-state index >= 15 is 0 Å².